The van der Waals surface area contributed by atoms with Gasteiger partial charge in [0.2, 0.25) is 11.9 Å². The van der Waals surface area contributed by atoms with Gasteiger partial charge >= 0.3 is 0 Å². The zero-order valence-electron chi connectivity index (χ0n) is 14.6. The quantitative estimate of drug-likeness (QED) is 0.481. The number of carbonyl (C=O) groups excluding carboxylic acids is 1. The molecule has 0 bridgehead atoms. The van der Waals surface area contributed by atoms with Gasteiger partial charge in [-0.15, -0.1) is 0 Å². The van der Waals surface area contributed by atoms with Gasteiger partial charge in [0.1, 0.15) is 11.9 Å². The van der Waals surface area contributed by atoms with Crippen LogP contribution in [0.1, 0.15) is 40.4 Å². The number of rotatable bonds is 5. The number of carbonyl (C=O) groups is 1. The number of nitrogen functional groups attached to an aromatic ring is 1. The lowest BCUT2D eigenvalue weighted by Crippen LogP contribution is -2.28. The van der Waals surface area contributed by atoms with Crippen molar-refractivity contribution in [3.05, 3.63) is 65.0 Å². The molecule has 0 aliphatic carbocycles. The minimum Gasteiger partial charge on any atom is -0.398 e. The molecule has 2 aromatic carbocycles. The number of nitrogens with one attached hydrogen (secondary N) is 1. The molecule has 0 amide bonds. The summed E-state index contributed by atoms with van der Waals surface area (Å²) < 4.78 is 13.7. The highest BCUT2D eigenvalue weighted by Crippen LogP contribution is 2.27. The highest BCUT2D eigenvalue weighted by molar-refractivity contribution is 6.04. The highest BCUT2D eigenvalue weighted by Gasteiger charge is 2.27. The number of hydrogen-bond acceptors (Lipinski definition) is 6. The lowest BCUT2D eigenvalue weighted by molar-refractivity contribution is 0.0428. The van der Waals surface area contributed by atoms with Gasteiger partial charge in [-0.25, -0.2) is 4.39 Å². The summed E-state index contributed by atoms with van der Waals surface area (Å²) in [6, 6.07) is 12.3. The van der Waals surface area contributed by atoms with Crippen LogP contribution in [-0.2, 0) is 4.84 Å². The van der Waals surface area contributed by atoms with Gasteiger partial charge in [-0.2, -0.15) is 5.26 Å². The summed E-state index contributed by atoms with van der Waals surface area (Å²) in [6.07, 6.45) is 0.326. The summed E-state index contributed by atoms with van der Waals surface area (Å²) in [5.41, 5.74) is 7.55. The number of para-hydroxylation sites is 1. The first-order valence-corrected chi connectivity index (χ1v) is 8.60. The van der Waals surface area contributed by atoms with Crippen LogP contribution in [-0.4, -0.2) is 24.6 Å². The molecule has 0 saturated carbocycles. The molecule has 27 heavy (non-hydrogen) atoms. The van der Waals surface area contributed by atoms with Crippen molar-refractivity contribution in [2.24, 2.45) is 5.16 Å². The Hall–Kier alpha value is -3.24. The van der Waals surface area contributed by atoms with E-state index >= 15 is 0 Å². The van der Waals surface area contributed by atoms with Crippen molar-refractivity contribution in [1.29, 1.82) is 5.26 Å². The van der Waals surface area contributed by atoms with Crippen molar-refractivity contribution >= 4 is 17.2 Å². The number of hydrogen-bond donors (Lipinski definition) is 2. The van der Waals surface area contributed by atoms with Crippen LogP contribution in [0.2, 0.25) is 0 Å². The van der Waals surface area contributed by atoms with Gasteiger partial charge in [-0.3, -0.25) is 4.79 Å². The van der Waals surface area contributed by atoms with Crippen molar-refractivity contribution in [1.82, 2.24) is 5.32 Å². The molecule has 0 aromatic heterocycles. The van der Waals surface area contributed by atoms with Gasteiger partial charge in [0.25, 0.3) is 0 Å². The number of Topliss-reactive ketones (excluding diaryl/α,β-unsaturated/α-hetero) is 1. The molecule has 3 rings (SSSR count). The predicted octanol–water partition coefficient (Wildman–Crippen LogP) is 2.96. The first-order valence-electron chi connectivity index (χ1n) is 8.60. The van der Waals surface area contributed by atoms with Crippen LogP contribution >= 0.6 is 0 Å². The number of benzene rings is 2. The molecule has 2 aromatic rings. The fourth-order valence-corrected chi connectivity index (χ4v) is 2.85. The minimum absolute atomic E-state index is 0.163. The maximum absolute atomic E-state index is 13.7. The number of anilines is 1. The number of nitrogens with zero attached hydrogens (tertiary/aromatic N) is 2. The fourth-order valence-electron chi connectivity index (χ4n) is 2.85. The summed E-state index contributed by atoms with van der Waals surface area (Å²) in [6.45, 7) is 1.59. The van der Waals surface area contributed by atoms with E-state index in [1.165, 1.54) is 12.1 Å². The zero-order chi connectivity index (χ0) is 19.2. The number of halogens is 1. The average Bonchev–Trinajstić information content (AvgIpc) is 2.70. The van der Waals surface area contributed by atoms with E-state index in [1.54, 1.807) is 30.3 Å². The highest BCUT2D eigenvalue weighted by atomic mass is 19.1. The molecule has 1 atom stereocenters. The van der Waals surface area contributed by atoms with Crippen LogP contribution in [0, 0.1) is 17.1 Å². The maximum atomic E-state index is 13.7. The first-order chi connectivity index (χ1) is 13.1. The van der Waals surface area contributed by atoms with Crippen LogP contribution in [0.15, 0.2) is 47.6 Å². The molecule has 1 heterocycles. The smallest absolute Gasteiger partial charge is 0.215 e. The van der Waals surface area contributed by atoms with Gasteiger partial charge in [0, 0.05) is 42.7 Å². The molecule has 1 aliphatic rings. The monoisotopic (exact) mass is 366 g/mol. The second-order valence-electron chi connectivity index (χ2n) is 6.20. The largest absolute Gasteiger partial charge is 0.398 e. The van der Waals surface area contributed by atoms with E-state index in [1.807, 2.05) is 0 Å². The lowest BCUT2D eigenvalue weighted by Gasteiger charge is -2.18. The molecule has 138 valence electrons. The van der Waals surface area contributed by atoms with E-state index in [4.69, 9.17) is 15.8 Å². The van der Waals surface area contributed by atoms with Crippen LogP contribution in [0.3, 0.4) is 0 Å². The number of oxime groups is 1. The number of nitriles is 1. The Kier molecular flexibility index (Phi) is 5.79. The number of piperidine rings is 1. The van der Waals surface area contributed by atoms with Gasteiger partial charge in [0.05, 0.1) is 11.3 Å². The number of nitrogens with two attached hydrogens (primary N) is 1. The van der Waals surface area contributed by atoms with Gasteiger partial charge < -0.3 is 15.9 Å². The van der Waals surface area contributed by atoms with Gasteiger partial charge in [-0.1, -0.05) is 23.4 Å². The van der Waals surface area contributed by atoms with Crippen LogP contribution in [0.5, 0.6) is 0 Å². The van der Waals surface area contributed by atoms with E-state index in [0.717, 1.165) is 37.7 Å². The van der Waals surface area contributed by atoms with E-state index in [0.29, 0.717) is 11.3 Å². The third-order valence-corrected chi connectivity index (χ3v) is 4.35. The molecular formula is C20H19FN4O2. The molecular weight excluding hydrogens is 347 g/mol. The SMILES string of the molecule is N#Cc1cc(C(ON=C2CCNCC2)C(=O)c2ccccc2N)ccc1F. The second-order valence-corrected chi connectivity index (χ2v) is 6.20. The topological polar surface area (TPSA) is 100 Å². The van der Waals surface area contributed by atoms with Gasteiger partial charge in [-0.05, 0) is 24.3 Å². The average molecular weight is 366 g/mol. The third kappa shape index (κ3) is 4.30. The molecule has 1 saturated heterocycles. The third-order valence-electron chi connectivity index (χ3n) is 4.35. The Bertz CT molecular complexity index is 912. The molecule has 0 radical (unpaired) electrons. The Morgan fingerprint density at radius 2 is 2.00 bits per heavy atom. The minimum atomic E-state index is -1.12. The standard InChI is InChI=1S/C20H19FN4O2/c21-17-6-5-13(11-14(17)12-22)20(27-25-15-7-9-24-10-8-15)19(26)16-3-1-2-4-18(16)23/h1-6,11,20,24H,7-10,23H2. The summed E-state index contributed by atoms with van der Waals surface area (Å²) in [4.78, 5) is 18.7. The fraction of sp³-hybridized carbons (Fsp3) is 0.250. The normalized spacial score (nSPS) is 14.9. The van der Waals surface area contributed by atoms with Crippen molar-refractivity contribution < 1.29 is 14.0 Å². The predicted molar refractivity (Wildman–Crippen MR) is 99.7 cm³/mol. The summed E-state index contributed by atoms with van der Waals surface area (Å²) in [5.74, 6) is -1.06. The Morgan fingerprint density at radius 1 is 1.26 bits per heavy atom. The van der Waals surface area contributed by atoms with E-state index in [9.17, 15) is 9.18 Å². The summed E-state index contributed by atoms with van der Waals surface area (Å²) >= 11 is 0. The van der Waals surface area contributed by atoms with E-state index in [2.05, 4.69) is 10.5 Å². The number of ketones is 1. The summed E-state index contributed by atoms with van der Waals surface area (Å²) in [5, 5.41) is 16.5. The molecule has 7 heteroatoms. The molecule has 6 nitrogen and oxygen atoms in total. The van der Waals surface area contributed by atoms with Crippen molar-refractivity contribution in [3.63, 3.8) is 0 Å². The zero-order valence-corrected chi connectivity index (χ0v) is 14.6. The van der Waals surface area contributed by atoms with Crippen molar-refractivity contribution in [2.75, 3.05) is 18.8 Å². The van der Waals surface area contributed by atoms with Crippen molar-refractivity contribution in [3.8, 4) is 6.07 Å². The first kappa shape index (κ1) is 18.5. The molecule has 1 aliphatic heterocycles. The molecule has 3 N–H and O–H groups in total. The van der Waals surface area contributed by atoms with Crippen molar-refractivity contribution in [2.45, 2.75) is 18.9 Å². The van der Waals surface area contributed by atoms with Gasteiger partial charge in [0.15, 0.2) is 0 Å². The Labute approximate surface area is 156 Å². The molecule has 0 spiro atoms. The summed E-state index contributed by atoms with van der Waals surface area (Å²) in [7, 11) is 0. The van der Waals surface area contributed by atoms with Crippen LogP contribution in [0.4, 0.5) is 10.1 Å². The maximum Gasteiger partial charge on any atom is 0.215 e. The molecule has 1 unspecified atom stereocenters. The molecule has 1 fully saturated rings. The van der Waals surface area contributed by atoms with Crippen LogP contribution in [0.25, 0.3) is 0 Å². The van der Waals surface area contributed by atoms with E-state index < -0.39 is 17.7 Å². The Morgan fingerprint density at radius 3 is 2.70 bits per heavy atom. The second kappa shape index (κ2) is 8.43. The Balaban J connectivity index is 1.97. The van der Waals surface area contributed by atoms with Crippen LogP contribution < -0.4 is 11.1 Å². The van der Waals surface area contributed by atoms with E-state index in [-0.39, 0.29) is 11.1 Å². The lowest BCUT2D eigenvalue weighted by atomic mass is 9.97.